The summed E-state index contributed by atoms with van der Waals surface area (Å²) >= 11 is 0. The fourth-order valence-electron chi connectivity index (χ4n) is 3.39. The second kappa shape index (κ2) is 7.88. The smallest absolute Gasteiger partial charge is 0.339 e. The van der Waals surface area contributed by atoms with Crippen molar-refractivity contribution in [3.05, 3.63) is 60.2 Å². The van der Waals surface area contributed by atoms with Crippen LogP contribution in [-0.4, -0.2) is 44.2 Å². The Morgan fingerprint density at radius 3 is 2.08 bits per heavy atom. The summed E-state index contributed by atoms with van der Waals surface area (Å²) in [6.07, 6.45) is 2.37. The molecule has 3 heteroatoms. The number of benzene rings is 3. The Morgan fingerprint density at radius 1 is 0.923 bits per heavy atom. The molecule has 0 aliphatic rings. The van der Waals surface area contributed by atoms with Crippen LogP contribution < -0.4 is 0 Å². The van der Waals surface area contributed by atoms with Crippen LogP contribution in [0.1, 0.15) is 30.1 Å². The zero-order valence-electron chi connectivity index (χ0n) is 16.0. The molecule has 3 aromatic carbocycles. The van der Waals surface area contributed by atoms with E-state index in [2.05, 4.69) is 27.1 Å². The highest BCUT2D eigenvalue weighted by atomic mass is 16.5. The summed E-state index contributed by atoms with van der Waals surface area (Å²) in [7, 11) is 4.38. The zero-order valence-corrected chi connectivity index (χ0v) is 16.0. The molecular weight excluding hydrogens is 322 g/mol. The van der Waals surface area contributed by atoms with E-state index in [1.807, 2.05) is 48.5 Å². The summed E-state index contributed by atoms with van der Waals surface area (Å²) in [5, 5.41) is 4.04. The molecule has 0 radical (unpaired) electrons. The molecule has 3 nitrogen and oxygen atoms in total. The average molecular weight is 350 g/mol. The van der Waals surface area contributed by atoms with E-state index in [0.717, 1.165) is 39.1 Å². The van der Waals surface area contributed by atoms with Gasteiger partial charge >= 0.3 is 5.97 Å². The molecule has 0 spiro atoms. The molecule has 0 saturated carbocycles. The number of carbonyl (C=O) groups excluding carboxylic acids is 1. The maximum absolute atomic E-state index is 12.9. The molecule has 26 heavy (non-hydrogen) atoms. The molecule has 0 N–H and O–H groups in total. The highest BCUT2D eigenvalue weighted by Gasteiger charge is 2.19. The molecule has 136 valence electrons. The molecule has 3 rings (SSSR count). The third kappa shape index (κ3) is 4.05. The van der Waals surface area contributed by atoms with Crippen molar-refractivity contribution < 1.29 is 14.0 Å². The SMILES string of the molecule is CCCC[N+](C)(C)CCOC(=O)c1c2ccccc2cc2ccccc12. The van der Waals surface area contributed by atoms with Crippen LogP contribution in [-0.2, 0) is 4.74 Å². The molecule has 0 unspecified atom stereocenters. The predicted molar refractivity (Wildman–Crippen MR) is 108 cm³/mol. The average Bonchev–Trinajstić information content (AvgIpc) is 2.64. The molecule has 0 aliphatic heterocycles. The zero-order chi connectivity index (χ0) is 18.6. The quantitative estimate of drug-likeness (QED) is 0.339. The third-order valence-corrected chi connectivity index (χ3v) is 5.02. The first kappa shape index (κ1) is 18.4. The van der Waals surface area contributed by atoms with Crippen LogP contribution in [0.3, 0.4) is 0 Å². The van der Waals surface area contributed by atoms with Crippen molar-refractivity contribution in [3.8, 4) is 0 Å². The Balaban J connectivity index is 1.85. The maximum atomic E-state index is 12.9. The Labute approximate surface area is 155 Å². The minimum Gasteiger partial charge on any atom is -0.456 e. The van der Waals surface area contributed by atoms with E-state index in [1.165, 1.54) is 12.8 Å². The van der Waals surface area contributed by atoms with Gasteiger partial charge < -0.3 is 9.22 Å². The van der Waals surface area contributed by atoms with Gasteiger partial charge in [-0.2, -0.15) is 0 Å². The number of hydrogen-bond donors (Lipinski definition) is 0. The van der Waals surface area contributed by atoms with Gasteiger partial charge in [-0.25, -0.2) is 4.79 Å². The summed E-state index contributed by atoms with van der Waals surface area (Å²) < 4.78 is 6.58. The lowest BCUT2D eigenvalue weighted by Crippen LogP contribution is -2.43. The number of ether oxygens (including phenoxy) is 1. The molecule has 0 amide bonds. The van der Waals surface area contributed by atoms with Gasteiger partial charge in [-0.15, -0.1) is 0 Å². The van der Waals surface area contributed by atoms with E-state index in [1.54, 1.807) is 0 Å². The number of unbranched alkanes of at least 4 members (excludes halogenated alkanes) is 1. The summed E-state index contributed by atoms with van der Waals surface area (Å²) in [5.41, 5.74) is 0.678. The Bertz CT molecular complexity index is 860. The van der Waals surface area contributed by atoms with Crippen molar-refractivity contribution in [2.45, 2.75) is 19.8 Å². The molecule has 0 heterocycles. The van der Waals surface area contributed by atoms with Gasteiger partial charge in [0.2, 0.25) is 0 Å². The van der Waals surface area contributed by atoms with Gasteiger partial charge in [0, 0.05) is 0 Å². The Morgan fingerprint density at radius 2 is 1.50 bits per heavy atom. The van der Waals surface area contributed by atoms with Crippen molar-refractivity contribution in [2.24, 2.45) is 0 Å². The lowest BCUT2D eigenvalue weighted by atomic mass is 9.97. The molecular formula is C23H28NO2+. The van der Waals surface area contributed by atoms with E-state index >= 15 is 0 Å². The summed E-state index contributed by atoms with van der Waals surface area (Å²) in [6.45, 7) is 4.57. The monoisotopic (exact) mass is 350 g/mol. The van der Waals surface area contributed by atoms with Crippen molar-refractivity contribution in [3.63, 3.8) is 0 Å². The van der Waals surface area contributed by atoms with Crippen LogP contribution in [0.15, 0.2) is 54.6 Å². The largest absolute Gasteiger partial charge is 0.456 e. The fourth-order valence-corrected chi connectivity index (χ4v) is 3.39. The topological polar surface area (TPSA) is 26.3 Å². The number of likely N-dealkylation sites (N-methyl/N-ethyl adjacent to an activating group) is 1. The molecule has 0 saturated heterocycles. The van der Waals surface area contributed by atoms with Crippen molar-refractivity contribution in [2.75, 3.05) is 33.8 Å². The number of quaternary nitrogens is 1. The van der Waals surface area contributed by atoms with E-state index in [9.17, 15) is 4.79 Å². The minimum atomic E-state index is -0.228. The van der Waals surface area contributed by atoms with Gasteiger partial charge in [0.25, 0.3) is 0 Å². The standard InChI is InChI=1S/C23H28NO2/c1-4-5-14-24(2,3)15-16-26-23(25)22-20-12-8-6-10-18(20)17-19-11-7-9-13-21(19)22/h6-13,17H,4-5,14-16H2,1-3H3/q+1. The van der Waals surface area contributed by atoms with Gasteiger partial charge in [-0.3, -0.25) is 0 Å². The molecule has 0 atom stereocenters. The number of carbonyl (C=O) groups is 1. The second-order valence-electron chi connectivity index (χ2n) is 7.57. The van der Waals surface area contributed by atoms with E-state index in [4.69, 9.17) is 4.74 Å². The fraction of sp³-hybridized carbons (Fsp3) is 0.348. The molecule has 0 aromatic heterocycles. The van der Waals surface area contributed by atoms with Gasteiger partial charge in [0.05, 0.1) is 26.2 Å². The first-order valence-corrected chi connectivity index (χ1v) is 9.41. The second-order valence-corrected chi connectivity index (χ2v) is 7.57. The number of esters is 1. The Kier molecular flexibility index (Phi) is 5.58. The van der Waals surface area contributed by atoms with E-state index in [0.29, 0.717) is 12.2 Å². The summed E-state index contributed by atoms with van der Waals surface area (Å²) in [5.74, 6) is -0.228. The van der Waals surface area contributed by atoms with Crippen LogP contribution in [0.5, 0.6) is 0 Å². The molecule has 0 fully saturated rings. The van der Waals surface area contributed by atoms with Gasteiger partial charge in [0.15, 0.2) is 0 Å². The lowest BCUT2D eigenvalue weighted by molar-refractivity contribution is -0.890. The van der Waals surface area contributed by atoms with Gasteiger partial charge in [-0.1, -0.05) is 61.9 Å². The normalized spacial score (nSPS) is 11.8. The van der Waals surface area contributed by atoms with Gasteiger partial charge in [0.1, 0.15) is 13.2 Å². The lowest BCUT2D eigenvalue weighted by Gasteiger charge is -2.29. The maximum Gasteiger partial charge on any atom is 0.339 e. The molecule has 0 bridgehead atoms. The van der Waals surface area contributed by atoms with Gasteiger partial charge in [-0.05, 0) is 34.0 Å². The van der Waals surface area contributed by atoms with E-state index in [-0.39, 0.29) is 5.97 Å². The van der Waals surface area contributed by atoms with Crippen LogP contribution in [0, 0.1) is 0 Å². The number of nitrogens with zero attached hydrogens (tertiary/aromatic N) is 1. The van der Waals surface area contributed by atoms with Crippen LogP contribution in [0.25, 0.3) is 21.5 Å². The predicted octanol–water partition coefficient (Wildman–Crippen LogP) is 5.03. The summed E-state index contributed by atoms with van der Waals surface area (Å²) in [4.78, 5) is 12.9. The number of fused-ring (bicyclic) bond motifs is 2. The van der Waals surface area contributed by atoms with Crippen molar-refractivity contribution >= 4 is 27.5 Å². The first-order valence-electron chi connectivity index (χ1n) is 9.41. The van der Waals surface area contributed by atoms with Crippen LogP contribution >= 0.6 is 0 Å². The third-order valence-electron chi connectivity index (χ3n) is 5.02. The summed E-state index contributed by atoms with van der Waals surface area (Å²) in [6, 6.07) is 18.2. The first-order chi connectivity index (χ1) is 12.5. The highest BCUT2D eigenvalue weighted by molar-refractivity contribution is 6.16. The molecule has 3 aromatic rings. The van der Waals surface area contributed by atoms with Crippen LogP contribution in [0.2, 0.25) is 0 Å². The molecule has 0 aliphatic carbocycles. The van der Waals surface area contributed by atoms with Crippen LogP contribution in [0.4, 0.5) is 0 Å². The highest BCUT2D eigenvalue weighted by Crippen LogP contribution is 2.29. The number of hydrogen-bond acceptors (Lipinski definition) is 2. The van der Waals surface area contributed by atoms with Crippen molar-refractivity contribution in [1.82, 2.24) is 0 Å². The van der Waals surface area contributed by atoms with Crippen molar-refractivity contribution in [1.29, 1.82) is 0 Å². The van der Waals surface area contributed by atoms with E-state index < -0.39 is 0 Å². The minimum absolute atomic E-state index is 0.228. The number of rotatable bonds is 7. The Hall–Kier alpha value is -2.39.